The molecule has 1 aliphatic heterocycles. The van der Waals surface area contributed by atoms with Gasteiger partial charge in [-0.1, -0.05) is 12.1 Å². The van der Waals surface area contributed by atoms with E-state index < -0.39 is 16.0 Å². The topological polar surface area (TPSA) is 111 Å². The van der Waals surface area contributed by atoms with Crippen molar-refractivity contribution in [2.24, 2.45) is 0 Å². The number of rotatable bonds is 6. The van der Waals surface area contributed by atoms with Crippen LogP contribution in [-0.2, 0) is 19.6 Å². The number of hydrogen-bond acceptors (Lipinski definition) is 6. The fraction of sp³-hybridized carbons (Fsp3) is 0.0833. The summed E-state index contributed by atoms with van der Waals surface area (Å²) in [6.07, 6.45) is 1.69. The molecule has 1 amide bonds. The van der Waals surface area contributed by atoms with E-state index in [0.29, 0.717) is 28.1 Å². The second-order valence-corrected chi connectivity index (χ2v) is 8.85. The number of sulfonamides is 1. The van der Waals surface area contributed by atoms with E-state index in [9.17, 15) is 18.0 Å². The predicted octanol–water partition coefficient (Wildman–Crippen LogP) is 3.78. The molecule has 9 heteroatoms. The number of carbonyl (C=O) groups is 2. The Labute approximate surface area is 190 Å². The number of anilines is 2. The summed E-state index contributed by atoms with van der Waals surface area (Å²) in [6, 6.07) is 17.4. The molecular weight excluding hydrogens is 444 g/mol. The van der Waals surface area contributed by atoms with E-state index in [4.69, 9.17) is 4.74 Å². The quantitative estimate of drug-likeness (QED) is 0.424. The normalized spacial score (nSPS) is 13.9. The molecule has 2 N–H and O–H groups in total. The Morgan fingerprint density at radius 3 is 2.30 bits per heavy atom. The highest BCUT2D eigenvalue weighted by molar-refractivity contribution is 7.92. The molecule has 4 rings (SSSR count). The van der Waals surface area contributed by atoms with Gasteiger partial charge in [-0.15, -0.1) is 0 Å². The SMILES string of the molecule is COC(=O)c1ccc(NS(=O)(=O)c2ccc3c(c2)/C(=C\c2ccc(OC)cc2)C(=O)N3)cc1. The van der Waals surface area contributed by atoms with Crippen molar-refractivity contribution in [1.29, 1.82) is 0 Å². The minimum Gasteiger partial charge on any atom is -0.497 e. The van der Waals surface area contributed by atoms with Gasteiger partial charge in [-0.2, -0.15) is 0 Å². The average Bonchev–Trinajstić information content (AvgIpc) is 3.13. The van der Waals surface area contributed by atoms with Gasteiger partial charge in [-0.3, -0.25) is 9.52 Å². The summed E-state index contributed by atoms with van der Waals surface area (Å²) >= 11 is 0. The maximum Gasteiger partial charge on any atom is 0.337 e. The smallest absolute Gasteiger partial charge is 0.337 e. The van der Waals surface area contributed by atoms with E-state index in [-0.39, 0.29) is 16.5 Å². The summed E-state index contributed by atoms with van der Waals surface area (Å²) in [5.41, 5.74) is 2.73. The van der Waals surface area contributed by atoms with Crippen LogP contribution in [0, 0.1) is 0 Å². The zero-order valence-electron chi connectivity index (χ0n) is 17.8. The third kappa shape index (κ3) is 4.58. The average molecular weight is 464 g/mol. The highest BCUT2D eigenvalue weighted by Crippen LogP contribution is 2.35. The number of carbonyl (C=O) groups excluding carboxylic acids is 2. The lowest BCUT2D eigenvalue weighted by Gasteiger charge is -2.10. The van der Waals surface area contributed by atoms with E-state index >= 15 is 0 Å². The van der Waals surface area contributed by atoms with Crippen molar-refractivity contribution in [3.63, 3.8) is 0 Å². The number of benzene rings is 3. The number of esters is 1. The number of amides is 1. The molecule has 1 aliphatic rings. The van der Waals surface area contributed by atoms with Gasteiger partial charge in [-0.25, -0.2) is 13.2 Å². The Morgan fingerprint density at radius 2 is 1.67 bits per heavy atom. The third-order valence-electron chi connectivity index (χ3n) is 5.07. The van der Waals surface area contributed by atoms with Crippen LogP contribution in [0.4, 0.5) is 11.4 Å². The van der Waals surface area contributed by atoms with Crippen LogP contribution < -0.4 is 14.8 Å². The standard InChI is InChI=1S/C24H20N2O6S/c1-31-18-9-3-15(4-10-18)13-21-20-14-19(11-12-22(20)25-23(21)27)33(29,30)26-17-7-5-16(6-8-17)24(28)32-2/h3-14,26H,1-2H3,(H,25,27)/b21-13+. The first-order valence-electron chi connectivity index (χ1n) is 9.83. The van der Waals surface area contributed by atoms with Gasteiger partial charge in [0.15, 0.2) is 0 Å². The third-order valence-corrected chi connectivity index (χ3v) is 6.45. The van der Waals surface area contributed by atoms with Gasteiger partial charge in [0.25, 0.3) is 15.9 Å². The van der Waals surface area contributed by atoms with Crippen molar-refractivity contribution < 1.29 is 27.5 Å². The van der Waals surface area contributed by atoms with E-state index in [2.05, 4.69) is 14.8 Å². The van der Waals surface area contributed by atoms with Crippen molar-refractivity contribution in [3.05, 3.63) is 83.4 Å². The van der Waals surface area contributed by atoms with Crippen LogP contribution in [0.3, 0.4) is 0 Å². The van der Waals surface area contributed by atoms with Crippen LogP contribution in [0.15, 0.2) is 71.6 Å². The maximum atomic E-state index is 13.0. The largest absolute Gasteiger partial charge is 0.497 e. The predicted molar refractivity (Wildman–Crippen MR) is 125 cm³/mol. The summed E-state index contributed by atoms with van der Waals surface area (Å²) < 4.78 is 38.2. The number of fused-ring (bicyclic) bond motifs is 1. The molecule has 8 nitrogen and oxygen atoms in total. The van der Waals surface area contributed by atoms with Crippen molar-refractivity contribution in [2.45, 2.75) is 4.90 Å². The minimum atomic E-state index is -3.95. The number of nitrogens with one attached hydrogen (secondary N) is 2. The van der Waals surface area contributed by atoms with Gasteiger partial charge in [0.1, 0.15) is 5.75 Å². The number of methoxy groups -OCH3 is 2. The van der Waals surface area contributed by atoms with Crippen molar-refractivity contribution in [3.8, 4) is 5.75 Å². The first kappa shape index (κ1) is 22.1. The van der Waals surface area contributed by atoms with Gasteiger partial charge >= 0.3 is 5.97 Å². The van der Waals surface area contributed by atoms with Gasteiger partial charge in [0.2, 0.25) is 0 Å². The second kappa shape index (κ2) is 8.79. The van der Waals surface area contributed by atoms with Crippen LogP contribution in [0.2, 0.25) is 0 Å². The summed E-state index contributed by atoms with van der Waals surface area (Å²) in [7, 11) is -1.11. The first-order valence-corrected chi connectivity index (χ1v) is 11.3. The highest BCUT2D eigenvalue weighted by Gasteiger charge is 2.27. The Balaban J connectivity index is 1.63. The zero-order valence-corrected chi connectivity index (χ0v) is 18.6. The van der Waals surface area contributed by atoms with Crippen molar-refractivity contribution in [1.82, 2.24) is 0 Å². The molecule has 0 radical (unpaired) electrons. The minimum absolute atomic E-state index is 0.00424. The Bertz CT molecular complexity index is 1360. The van der Waals surface area contributed by atoms with Crippen LogP contribution in [0.1, 0.15) is 21.5 Å². The fourth-order valence-electron chi connectivity index (χ4n) is 3.35. The van der Waals surface area contributed by atoms with Gasteiger partial charge < -0.3 is 14.8 Å². The molecule has 0 atom stereocenters. The molecule has 0 saturated heterocycles. The van der Waals surface area contributed by atoms with Gasteiger partial charge in [0, 0.05) is 22.5 Å². The van der Waals surface area contributed by atoms with E-state index in [0.717, 1.165) is 5.56 Å². The molecule has 0 spiro atoms. The molecule has 3 aromatic rings. The second-order valence-electron chi connectivity index (χ2n) is 7.17. The number of hydrogen-bond donors (Lipinski definition) is 2. The van der Waals surface area contributed by atoms with E-state index in [1.807, 2.05) is 0 Å². The van der Waals surface area contributed by atoms with Crippen LogP contribution >= 0.6 is 0 Å². The maximum absolute atomic E-state index is 13.0. The Kier molecular flexibility index (Phi) is 5.89. The Hall–Kier alpha value is -4.11. The van der Waals surface area contributed by atoms with Crippen molar-refractivity contribution in [2.75, 3.05) is 24.3 Å². The summed E-state index contributed by atoms with van der Waals surface area (Å²) in [5.74, 6) is -0.148. The lowest BCUT2D eigenvalue weighted by Crippen LogP contribution is -2.13. The highest BCUT2D eigenvalue weighted by atomic mass is 32.2. The summed E-state index contributed by atoms with van der Waals surface area (Å²) in [6.45, 7) is 0. The lowest BCUT2D eigenvalue weighted by molar-refractivity contribution is -0.110. The molecule has 1 heterocycles. The van der Waals surface area contributed by atoms with E-state index in [1.165, 1.54) is 43.5 Å². The Morgan fingerprint density at radius 1 is 0.970 bits per heavy atom. The molecule has 0 fully saturated rings. The zero-order chi connectivity index (χ0) is 23.6. The van der Waals surface area contributed by atoms with Crippen molar-refractivity contribution >= 4 is 44.9 Å². The molecule has 168 valence electrons. The van der Waals surface area contributed by atoms with Gasteiger partial charge in [-0.05, 0) is 66.2 Å². The molecular formula is C24H20N2O6S. The molecule has 0 unspecified atom stereocenters. The first-order chi connectivity index (χ1) is 15.8. The fourth-order valence-corrected chi connectivity index (χ4v) is 4.44. The summed E-state index contributed by atoms with van der Waals surface area (Å²) in [4.78, 5) is 24.1. The number of ether oxygens (including phenoxy) is 2. The van der Waals surface area contributed by atoms with Crippen LogP contribution in [-0.4, -0.2) is 34.5 Å². The van der Waals surface area contributed by atoms with Crippen LogP contribution in [0.25, 0.3) is 11.6 Å². The molecule has 0 aromatic heterocycles. The molecule has 33 heavy (non-hydrogen) atoms. The molecule has 0 aliphatic carbocycles. The van der Waals surface area contributed by atoms with Gasteiger partial charge in [0.05, 0.1) is 24.7 Å². The van der Waals surface area contributed by atoms with E-state index in [1.54, 1.807) is 43.5 Å². The monoisotopic (exact) mass is 464 g/mol. The molecule has 0 bridgehead atoms. The molecule has 3 aromatic carbocycles. The lowest BCUT2D eigenvalue weighted by atomic mass is 10.0. The summed E-state index contributed by atoms with van der Waals surface area (Å²) in [5, 5.41) is 2.75. The molecule has 0 saturated carbocycles. The van der Waals surface area contributed by atoms with Crippen LogP contribution in [0.5, 0.6) is 5.75 Å².